The average molecular weight is 332 g/mol. The number of hydrogen-bond acceptors (Lipinski definition) is 5. The summed E-state index contributed by atoms with van der Waals surface area (Å²) in [7, 11) is 0. The molecule has 0 saturated carbocycles. The molecule has 0 aliphatic carbocycles. The predicted molar refractivity (Wildman–Crippen MR) is 87.1 cm³/mol. The smallest absolute Gasteiger partial charge is 0.245 e. The molecule has 0 N–H and O–H groups in total. The normalized spacial score (nSPS) is 20.2. The molecule has 2 saturated heterocycles. The lowest BCUT2D eigenvalue weighted by molar-refractivity contribution is -0.140. The fourth-order valence-corrected chi connectivity index (χ4v) is 3.57. The Bertz CT molecular complexity index is 611. The van der Waals surface area contributed by atoms with Crippen LogP contribution in [0.5, 0.6) is 0 Å². The number of amides is 2. The first-order valence-electron chi connectivity index (χ1n) is 8.59. The second kappa shape index (κ2) is 7.15. The van der Waals surface area contributed by atoms with Crippen LogP contribution in [0.3, 0.4) is 0 Å². The molecule has 7 nitrogen and oxygen atoms in total. The van der Waals surface area contributed by atoms with Crippen LogP contribution in [0.25, 0.3) is 0 Å². The maximum Gasteiger partial charge on any atom is 0.245 e. The quantitative estimate of drug-likeness (QED) is 0.784. The zero-order valence-electron chi connectivity index (χ0n) is 14.1. The van der Waals surface area contributed by atoms with Crippen LogP contribution in [0, 0.1) is 12.8 Å². The lowest BCUT2D eigenvalue weighted by atomic mass is 9.91. The molecular formula is C17H24N4O3. The number of aromatic nitrogens is 2. The fourth-order valence-electron chi connectivity index (χ4n) is 3.57. The van der Waals surface area contributed by atoms with Gasteiger partial charge in [-0.2, -0.15) is 4.98 Å². The van der Waals surface area contributed by atoms with Crippen molar-refractivity contribution in [1.82, 2.24) is 19.9 Å². The molecule has 0 radical (unpaired) electrons. The van der Waals surface area contributed by atoms with Gasteiger partial charge in [0.1, 0.15) is 0 Å². The van der Waals surface area contributed by atoms with Crippen LogP contribution in [-0.2, 0) is 9.59 Å². The van der Waals surface area contributed by atoms with Crippen LogP contribution in [0.1, 0.15) is 43.3 Å². The van der Waals surface area contributed by atoms with Gasteiger partial charge in [0.25, 0.3) is 0 Å². The van der Waals surface area contributed by atoms with Crippen LogP contribution in [-0.4, -0.2) is 57.9 Å². The number of rotatable bonds is 3. The van der Waals surface area contributed by atoms with Crippen molar-refractivity contribution in [3.05, 3.63) is 24.4 Å². The van der Waals surface area contributed by atoms with Gasteiger partial charge in [-0.3, -0.25) is 9.59 Å². The third-order valence-corrected chi connectivity index (χ3v) is 5.05. The first-order valence-corrected chi connectivity index (χ1v) is 8.59. The molecule has 3 heterocycles. The van der Waals surface area contributed by atoms with E-state index in [1.54, 1.807) is 11.8 Å². The molecule has 0 spiro atoms. The highest BCUT2D eigenvalue weighted by molar-refractivity contribution is 5.87. The van der Waals surface area contributed by atoms with E-state index in [1.165, 1.54) is 6.08 Å². The van der Waals surface area contributed by atoms with Crippen molar-refractivity contribution in [2.24, 2.45) is 5.92 Å². The summed E-state index contributed by atoms with van der Waals surface area (Å²) < 4.78 is 5.04. The van der Waals surface area contributed by atoms with Crippen molar-refractivity contribution in [2.75, 3.05) is 26.2 Å². The van der Waals surface area contributed by atoms with Gasteiger partial charge in [-0.05, 0) is 31.8 Å². The minimum atomic E-state index is -0.0443. The van der Waals surface area contributed by atoms with E-state index in [9.17, 15) is 9.59 Å². The largest absolute Gasteiger partial charge is 0.342 e. The summed E-state index contributed by atoms with van der Waals surface area (Å²) in [6, 6.07) is 0. The lowest BCUT2D eigenvalue weighted by Gasteiger charge is -2.36. The summed E-state index contributed by atoms with van der Waals surface area (Å²) in [5, 5.41) is 4.00. The van der Waals surface area contributed by atoms with Crippen molar-refractivity contribution in [1.29, 1.82) is 0 Å². The molecule has 0 atom stereocenters. The number of piperidine rings is 2. The number of aryl methyl sites for hydroxylation is 1. The van der Waals surface area contributed by atoms with Gasteiger partial charge in [-0.1, -0.05) is 11.7 Å². The molecule has 130 valence electrons. The van der Waals surface area contributed by atoms with E-state index in [0.29, 0.717) is 19.0 Å². The highest BCUT2D eigenvalue weighted by atomic mass is 16.5. The van der Waals surface area contributed by atoms with E-state index in [-0.39, 0.29) is 23.7 Å². The van der Waals surface area contributed by atoms with Crippen molar-refractivity contribution in [2.45, 2.75) is 38.5 Å². The van der Waals surface area contributed by atoms with E-state index in [2.05, 4.69) is 16.7 Å². The summed E-state index contributed by atoms with van der Waals surface area (Å²) in [5.74, 6) is 1.84. The Balaban J connectivity index is 1.49. The predicted octanol–water partition coefficient (Wildman–Crippen LogP) is 1.51. The first kappa shape index (κ1) is 16.7. The molecule has 2 aliphatic rings. The highest BCUT2D eigenvalue weighted by Crippen LogP contribution is 2.28. The average Bonchev–Trinajstić information content (AvgIpc) is 3.07. The molecule has 2 amide bonds. The Morgan fingerprint density at radius 2 is 1.75 bits per heavy atom. The van der Waals surface area contributed by atoms with Gasteiger partial charge in [0.2, 0.25) is 17.7 Å². The molecule has 2 fully saturated rings. The minimum absolute atomic E-state index is 0.0304. The van der Waals surface area contributed by atoms with Crippen molar-refractivity contribution in [3.8, 4) is 0 Å². The zero-order valence-corrected chi connectivity index (χ0v) is 14.1. The Hall–Kier alpha value is -2.18. The molecule has 1 aromatic heterocycles. The van der Waals surface area contributed by atoms with E-state index in [0.717, 1.165) is 44.6 Å². The summed E-state index contributed by atoms with van der Waals surface area (Å²) in [4.78, 5) is 32.3. The van der Waals surface area contributed by atoms with Gasteiger partial charge in [0.05, 0.1) is 0 Å². The monoisotopic (exact) mass is 332 g/mol. The van der Waals surface area contributed by atoms with Crippen LogP contribution in [0.4, 0.5) is 0 Å². The summed E-state index contributed by atoms with van der Waals surface area (Å²) in [5.41, 5.74) is 0. The number of carbonyl (C=O) groups excluding carboxylic acids is 2. The number of nitrogens with zero attached hydrogens (tertiary/aromatic N) is 4. The molecule has 2 aliphatic heterocycles. The Morgan fingerprint density at radius 1 is 1.12 bits per heavy atom. The second-order valence-corrected chi connectivity index (χ2v) is 6.57. The van der Waals surface area contributed by atoms with Crippen molar-refractivity contribution in [3.63, 3.8) is 0 Å². The molecule has 0 aromatic carbocycles. The van der Waals surface area contributed by atoms with E-state index >= 15 is 0 Å². The van der Waals surface area contributed by atoms with Gasteiger partial charge < -0.3 is 14.3 Å². The fraction of sp³-hybridized carbons (Fsp3) is 0.647. The van der Waals surface area contributed by atoms with E-state index < -0.39 is 0 Å². The van der Waals surface area contributed by atoms with Crippen LogP contribution < -0.4 is 0 Å². The van der Waals surface area contributed by atoms with Crippen molar-refractivity contribution < 1.29 is 14.1 Å². The Morgan fingerprint density at radius 3 is 2.29 bits per heavy atom. The maximum absolute atomic E-state index is 12.7. The van der Waals surface area contributed by atoms with Gasteiger partial charge in [-0.15, -0.1) is 0 Å². The number of likely N-dealkylation sites (tertiary alicyclic amines) is 2. The molecule has 7 heteroatoms. The summed E-state index contributed by atoms with van der Waals surface area (Å²) in [6.45, 7) is 8.06. The molecule has 0 unspecified atom stereocenters. The van der Waals surface area contributed by atoms with Gasteiger partial charge in [-0.25, -0.2) is 0 Å². The van der Waals surface area contributed by atoms with Gasteiger partial charge in [0.15, 0.2) is 5.82 Å². The molecule has 24 heavy (non-hydrogen) atoms. The molecule has 3 rings (SSSR count). The van der Waals surface area contributed by atoms with E-state index in [4.69, 9.17) is 4.52 Å². The third kappa shape index (κ3) is 3.49. The highest BCUT2D eigenvalue weighted by Gasteiger charge is 2.32. The number of carbonyl (C=O) groups is 2. The first-order chi connectivity index (χ1) is 11.6. The minimum Gasteiger partial charge on any atom is -0.342 e. The zero-order chi connectivity index (χ0) is 17.1. The van der Waals surface area contributed by atoms with Crippen LogP contribution >= 0.6 is 0 Å². The topological polar surface area (TPSA) is 79.5 Å². The summed E-state index contributed by atoms with van der Waals surface area (Å²) in [6.07, 6.45) is 4.56. The van der Waals surface area contributed by atoms with Crippen LogP contribution in [0.2, 0.25) is 0 Å². The Kier molecular flexibility index (Phi) is 4.97. The Labute approximate surface area is 141 Å². The van der Waals surface area contributed by atoms with Crippen LogP contribution in [0.15, 0.2) is 17.2 Å². The van der Waals surface area contributed by atoms with Crippen molar-refractivity contribution >= 4 is 11.8 Å². The van der Waals surface area contributed by atoms with E-state index in [1.807, 2.05) is 4.90 Å². The third-order valence-electron chi connectivity index (χ3n) is 5.05. The molecular weight excluding hydrogens is 308 g/mol. The maximum atomic E-state index is 12.7. The number of hydrogen-bond donors (Lipinski definition) is 0. The second-order valence-electron chi connectivity index (χ2n) is 6.57. The van der Waals surface area contributed by atoms with Gasteiger partial charge in [0, 0.05) is 44.9 Å². The standard InChI is InChI=1S/C17H24N4O3/c1-3-15(22)20-8-6-14(7-9-20)17(23)21-10-4-13(5-11-21)16-18-12(2)24-19-16/h3,13-14H,1,4-11H2,2H3. The molecule has 0 bridgehead atoms. The molecule has 1 aromatic rings. The van der Waals surface area contributed by atoms with Gasteiger partial charge >= 0.3 is 0 Å². The SMILES string of the molecule is C=CC(=O)N1CCC(C(=O)N2CCC(c3noc(C)n3)CC2)CC1. The lowest BCUT2D eigenvalue weighted by Crippen LogP contribution is -2.46. The summed E-state index contributed by atoms with van der Waals surface area (Å²) >= 11 is 0.